The molecule has 1 rings (SSSR count). The number of likely N-dealkylation sites (tertiary alicyclic amines) is 1. The molecule has 0 aromatic rings. The summed E-state index contributed by atoms with van der Waals surface area (Å²) in [5, 5.41) is 13.1. The highest BCUT2D eigenvalue weighted by Crippen LogP contribution is 2.17. The topological polar surface area (TPSA) is 126 Å². The van der Waals surface area contributed by atoms with Crippen molar-refractivity contribution < 1.29 is 5.11 Å². The number of aliphatic hydroxyl groups is 1. The molecule has 1 fully saturated rings. The summed E-state index contributed by atoms with van der Waals surface area (Å²) in [5.41, 5.74) is 19.3. The molecule has 1 saturated heterocycles. The highest BCUT2D eigenvalue weighted by molar-refractivity contribution is 6.00. The van der Waals surface area contributed by atoms with Gasteiger partial charge >= 0.3 is 0 Å². The summed E-state index contributed by atoms with van der Waals surface area (Å²) < 4.78 is 0. The smallest absolute Gasteiger partial charge is 0.144 e. The maximum absolute atomic E-state index is 9.44. The van der Waals surface area contributed by atoms with Gasteiger partial charge in [-0.1, -0.05) is 6.92 Å². The summed E-state index contributed by atoms with van der Waals surface area (Å²) in [6.07, 6.45) is 4.00. The van der Waals surface area contributed by atoms with E-state index >= 15 is 0 Å². The molecular formula is C17H34N6O. The van der Waals surface area contributed by atoms with E-state index in [1.54, 1.807) is 19.9 Å². The summed E-state index contributed by atoms with van der Waals surface area (Å²) >= 11 is 0. The second-order valence-corrected chi connectivity index (χ2v) is 6.57. The monoisotopic (exact) mass is 338 g/mol. The van der Waals surface area contributed by atoms with E-state index in [0.717, 1.165) is 32.4 Å². The van der Waals surface area contributed by atoms with Crippen LogP contribution in [-0.4, -0.2) is 47.2 Å². The zero-order chi connectivity index (χ0) is 18.3. The number of rotatable bonds is 7. The molecule has 0 aromatic heterocycles. The van der Waals surface area contributed by atoms with E-state index in [2.05, 4.69) is 29.1 Å². The molecule has 1 aliphatic heterocycles. The lowest BCUT2D eigenvalue weighted by Gasteiger charge is -2.36. The van der Waals surface area contributed by atoms with Crippen LogP contribution in [0.4, 0.5) is 0 Å². The first kappa shape index (κ1) is 20.3. The van der Waals surface area contributed by atoms with Gasteiger partial charge in [0.25, 0.3) is 0 Å². The van der Waals surface area contributed by atoms with Crippen LogP contribution in [0.25, 0.3) is 0 Å². The van der Waals surface area contributed by atoms with Crippen molar-refractivity contribution in [2.75, 3.05) is 13.1 Å². The first-order valence-electron chi connectivity index (χ1n) is 8.70. The molecule has 0 aliphatic carbocycles. The van der Waals surface area contributed by atoms with Crippen molar-refractivity contribution in [1.29, 1.82) is 0 Å². The SMILES string of the molecule is CCC(C)NC1CCN(/C(N)=C(/C=C(/C)N)C(\N)=N\C(C)O)CC1. The van der Waals surface area contributed by atoms with Gasteiger partial charge in [-0.2, -0.15) is 0 Å². The fourth-order valence-corrected chi connectivity index (χ4v) is 2.76. The molecule has 2 atom stereocenters. The Morgan fingerprint density at radius 3 is 2.33 bits per heavy atom. The van der Waals surface area contributed by atoms with Crippen LogP contribution >= 0.6 is 0 Å². The molecular weight excluding hydrogens is 304 g/mol. The van der Waals surface area contributed by atoms with E-state index in [1.807, 2.05) is 0 Å². The van der Waals surface area contributed by atoms with Gasteiger partial charge in [0.05, 0.1) is 5.57 Å². The Morgan fingerprint density at radius 1 is 1.29 bits per heavy atom. The normalized spacial score (nSPS) is 21.5. The molecule has 8 N–H and O–H groups in total. The lowest BCUT2D eigenvalue weighted by atomic mass is 10.0. The van der Waals surface area contributed by atoms with Crippen LogP contribution in [0, 0.1) is 0 Å². The number of allylic oxidation sites excluding steroid dienone is 1. The van der Waals surface area contributed by atoms with Crippen molar-refractivity contribution in [2.24, 2.45) is 22.2 Å². The van der Waals surface area contributed by atoms with E-state index in [1.165, 1.54) is 0 Å². The molecule has 0 aromatic carbocycles. The molecule has 0 bridgehead atoms. The van der Waals surface area contributed by atoms with Crippen molar-refractivity contribution in [3.63, 3.8) is 0 Å². The molecule has 7 nitrogen and oxygen atoms in total. The molecule has 2 unspecified atom stereocenters. The fourth-order valence-electron chi connectivity index (χ4n) is 2.76. The minimum Gasteiger partial charge on any atom is -0.402 e. The van der Waals surface area contributed by atoms with E-state index in [0.29, 0.717) is 29.2 Å². The van der Waals surface area contributed by atoms with Crippen molar-refractivity contribution in [2.45, 2.75) is 65.3 Å². The first-order valence-corrected chi connectivity index (χ1v) is 8.70. The van der Waals surface area contributed by atoms with Crippen molar-refractivity contribution in [1.82, 2.24) is 10.2 Å². The molecule has 138 valence electrons. The van der Waals surface area contributed by atoms with Gasteiger partial charge < -0.3 is 32.5 Å². The molecule has 1 aliphatic rings. The summed E-state index contributed by atoms with van der Waals surface area (Å²) in [4.78, 5) is 6.09. The number of piperidine rings is 1. The third-order valence-corrected chi connectivity index (χ3v) is 4.22. The van der Waals surface area contributed by atoms with Crippen LogP contribution in [0.1, 0.15) is 47.0 Å². The quantitative estimate of drug-likeness (QED) is 0.262. The number of hydrogen-bond donors (Lipinski definition) is 5. The Labute approximate surface area is 145 Å². The van der Waals surface area contributed by atoms with Gasteiger partial charge in [-0.15, -0.1) is 0 Å². The molecule has 0 radical (unpaired) electrons. The lowest BCUT2D eigenvalue weighted by molar-refractivity contribution is 0.205. The van der Waals surface area contributed by atoms with E-state index in [9.17, 15) is 5.11 Å². The fraction of sp³-hybridized carbons (Fsp3) is 0.706. The molecule has 1 heterocycles. The van der Waals surface area contributed by atoms with Gasteiger partial charge in [0, 0.05) is 30.9 Å². The van der Waals surface area contributed by atoms with Gasteiger partial charge in [-0.05, 0) is 46.1 Å². The number of nitrogens with zero attached hydrogens (tertiary/aromatic N) is 2. The van der Waals surface area contributed by atoms with Crippen LogP contribution in [0.15, 0.2) is 28.2 Å². The Balaban J connectivity index is 2.88. The number of aliphatic imine (C=N–C) groups is 1. The van der Waals surface area contributed by atoms with Crippen molar-refractivity contribution in [3.8, 4) is 0 Å². The van der Waals surface area contributed by atoms with E-state index in [-0.39, 0.29) is 5.84 Å². The van der Waals surface area contributed by atoms with Crippen molar-refractivity contribution >= 4 is 5.84 Å². The standard InChI is InChI=1S/C17H34N6O/c1-5-12(3)21-14-6-8-23(9-7-14)17(20)15(10-11(2)18)16(19)22-13(4)24/h10,12-14,21,24H,5-9,18,20H2,1-4H3,(H2,19,22)/b11-10-,17-15-. The minimum absolute atomic E-state index is 0.201. The molecule has 24 heavy (non-hydrogen) atoms. The maximum atomic E-state index is 9.44. The predicted molar refractivity (Wildman–Crippen MR) is 99.9 cm³/mol. The Kier molecular flexibility index (Phi) is 8.07. The largest absolute Gasteiger partial charge is 0.402 e. The summed E-state index contributed by atoms with van der Waals surface area (Å²) in [5.74, 6) is 0.760. The van der Waals surface area contributed by atoms with Crippen LogP contribution < -0.4 is 22.5 Å². The van der Waals surface area contributed by atoms with Gasteiger partial charge in [-0.3, -0.25) is 0 Å². The summed E-state index contributed by atoms with van der Waals surface area (Å²) in [7, 11) is 0. The Morgan fingerprint density at radius 2 is 1.88 bits per heavy atom. The minimum atomic E-state index is -0.884. The zero-order valence-corrected chi connectivity index (χ0v) is 15.4. The summed E-state index contributed by atoms with van der Waals surface area (Å²) in [6.45, 7) is 9.41. The molecule has 0 spiro atoms. The predicted octanol–water partition coefficient (Wildman–Crippen LogP) is 0.567. The summed E-state index contributed by atoms with van der Waals surface area (Å²) in [6, 6.07) is 1.05. The number of nitrogens with two attached hydrogens (primary N) is 3. The maximum Gasteiger partial charge on any atom is 0.144 e. The second kappa shape index (κ2) is 9.54. The van der Waals surface area contributed by atoms with Crippen LogP contribution in [-0.2, 0) is 0 Å². The average molecular weight is 339 g/mol. The third-order valence-electron chi connectivity index (χ3n) is 4.22. The number of aliphatic hydroxyl groups excluding tert-OH is 1. The number of amidine groups is 1. The molecule has 0 saturated carbocycles. The van der Waals surface area contributed by atoms with Gasteiger partial charge in [0.1, 0.15) is 17.9 Å². The van der Waals surface area contributed by atoms with E-state index < -0.39 is 6.23 Å². The van der Waals surface area contributed by atoms with Gasteiger partial charge in [0.2, 0.25) is 0 Å². The molecule has 7 heteroatoms. The van der Waals surface area contributed by atoms with Gasteiger partial charge in [-0.25, -0.2) is 4.99 Å². The lowest BCUT2D eigenvalue weighted by Crippen LogP contribution is -2.46. The third kappa shape index (κ3) is 6.41. The highest BCUT2D eigenvalue weighted by Gasteiger charge is 2.22. The Hall–Kier alpha value is -1.73. The van der Waals surface area contributed by atoms with Crippen LogP contribution in [0.2, 0.25) is 0 Å². The van der Waals surface area contributed by atoms with Crippen LogP contribution in [0.5, 0.6) is 0 Å². The van der Waals surface area contributed by atoms with Crippen LogP contribution in [0.3, 0.4) is 0 Å². The Bertz CT molecular complexity index is 485. The second-order valence-electron chi connectivity index (χ2n) is 6.57. The number of nitrogens with one attached hydrogen (secondary N) is 1. The highest BCUT2D eigenvalue weighted by atomic mass is 16.3. The van der Waals surface area contributed by atoms with Crippen molar-refractivity contribution in [3.05, 3.63) is 23.2 Å². The number of hydrogen-bond acceptors (Lipinski definition) is 6. The van der Waals surface area contributed by atoms with E-state index in [4.69, 9.17) is 17.2 Å². The first-order chi connectivity index (χ1) is 11.2. The molecule has 0 amide bonds. The average Bonchev–Trinajstić information content (AvgIpc) is 2.51. The zero-order valence-electron chi connectivity index (χ0n) is 15.4. The van der Waals surface area contributed by atoms with Gasteiger partial charge in [0.15, 0.2) is 0 Å².